The maximum Gasteiger partial charge on any atom is 0.323 e. The SMILES string of the molecule is CN(C)C(=O)Nc1nc2c(Cl)cc(Cl)cc2c(=O)n1-c1ccccc1. The Labute approximate surface area is 153 Å². The molecule has 0 atom stereocenters. The molecule has 0 spiro atoms. The number of hydrogen-bond acceptors (Lipinski definition) is 3. The van der Waals surface area contributed by atoms with Crippen LogP contribution in [0.25, 0.3) is 16.6 Å². The van der Waals surface area contributed by atoms with Gasteiger partial charge in [-0.25, -0.2) is 14.3 Å². The van der Waals surface area contributed by atoms with Crippen LogP contribution in [0.15, 0.2) is 47.3 Å². The number of benzene rings is 2. The molecule has 128 valence electrons. The smallest absolute Gasteiger partial charge is 0.323 e. The van der Waals surface area contributed by atoms with Crippen molar-refractivity contribution in [3.05, 3.63) is 62.9 Å². The van der Waals surface area contributed by atoms with Gasteiger partial charge < -0.3 is 4.90 Å². The molecule has 6 nitrogen and oxygen atoms in total. The molecular formula is C17H14Cl2N4O2. The molecule has 0 unspecified atom stereocenters. The predicted octanol–water partition coefficient (Wildman–Crippen LogP) is 3.79. The van der Waals surface area contributed by atoms with Crippen LogP contribution in [0, 0.1) is 0 Å². The van der Waals surface area contributed by atoms with Crippen molar-refractivity contribution in [1.82, 2.24) is 14.5 Å². The molecule has 1 N–H and O–H groups in total. The number of anilines is 1. The van der Waals surface area contributed by atoms with Crippen LogP contribution in [0.2, 0.25) is 10.0 Å². The van der Waals surface area contributed by atoms with Gasteiger partial charge in [0, 0.05) is 19.1 Å². The summed E-state index contributed by atoms with van der Waals surface area (Å²) in [6, 6.07) is 11.5. The monoisotopic (exact) mass is 376 g/mol. The number of aromatic nitrogens is 2. The highest BCUT2D eigenvalue weighted by atomic mass is 35.5. The van der Waals surface area contributed by atoms with Crippen LogP contribution in [-0.2, 0) is 0 Å². The molecule has 8 heteroatoms. The van der Waals surface area contributed by atoms with Gasteiger partial charge in [-0.05, 0) is 24.3 Å². The summed E-state index contributed by atoms with van der Waals surface area (Å²) in [7, 11) is 3.18. The van der Waals surface area contributed by atoms with Crippen molar-refractivity contribution >= 4 is 46.1 Å². The molecule has 0 saturated carbocycles. The highest BCUT2D eigenvalue weighted by Crippen LogP contribution is 2.26. The average molecular weight is 377 g/mol. The van der Waals surface area contributed by atoms with E-state index in [0.29, 0.717) is 10.7 Å². The first-order valence-corrected chi connectivity index (χ1v) is 8.09. The zero-order valence-electron chi connectivity index (χ0n) is 13.5. The number of nitrogens with zero attached hydrogens (tertiary/aromatic N) is 3. The molecule has 3 rings (SSSR count). The highest BCUT2D eigenvalue weighted by Gasteiger charge is 2.17. The van der Waals surface area contributed by atoms with Crippen LogP contribution in [0.1, 0.15) is 0 Å². The first kappa shape index (κ1) is 17.3. The van der Waals surface area contributed by atoms with Gasteiger partial charge in [0.05, 0.1) is 21.6 Å². The number of nitrogens with one attached hydrogen (secondary N) is 1. The van der Waals surface area contributed by atoms with Gasteiger partial charge in [0.1, 0.15) is 0 Å². The molecule has 0 aliphatic carbocycles. The van der Waals surface area contributed by atoms with Gasteiger partial charge in [-0.1, -0.05) is 41.4 Å². The Balaban J connectivity index is 2.35. The maximum absolute atomic E-state index is 13.0. The minimum atomic E-state index is -0.416. The third-order valence-corrected chi connectivity index (χ3v) is 4.04. The molecule has 3 aromatic rings. The van der Waals surface area contributed by atoms with E-state index in [-0.39, 0.29) is 27.4 Å². The maximum atomic E-state index is 13.0. The molecule has 0 bridgehead atoms. The summed E-state index contributed by atoms with van der Waals surface area (Å²) in [4.78, 5) is 30.9. The second-order valence-electron chi connectivity index (χ2n) is 5.52. The number of amides is 2. The van der Waals surface area contributed by atoms with Gasteiger partial charge in [-0.2, -0.15) is 0 Å². The highest BCUT2D eigenvalue weighted by molar-refractivity contribution is 6.38. The van der Waals surface area contributed by atoms with Gasteiger partial charge in [0.2, 0.25) is 5.95 Å². The molecule has 0 fully saturated rings. The fourth-order valence-corrected chi connectivity index (χ4v) is 2.86. The first-order valence-electron chi connectivity index (χ1n) is 7.34. The predicted molar refractivity (Wildman–Crippen MR) is 100 cm³/mol. The van der Waals surface area contributed by atoms with Crippen LogP contribution in [0.3, 0.4) is 0 Å². The van der Waals surface area contributed by atoms with E-state index >= 15 is 0 Å². The van der Waals surface area contributed by atoms with Crippen molar-refractivity contribution in [1.29, 1.82) is 0 Å². The minimum absolute atomic E-state index is 0.0756. The quantitative estimate of drug-likeness (QED) is 0.739. The molecule has 2 amide bonds. The Morgan fingerprint density at radius 3 is 2.48 bits per heavy atom. The largest absolute Gasteiger partial charge is 0.331 e. The lowest BCUT2D eigenvalue weighted by Crippen LogP contribution is -2.32. The summed E-state index contributed by atoms with van der Waals surface area (Å²) in [5.41, 5.74) is 0.457. The van der Waals surface area contributed by atoms with Gasteiger partial charge in [0.25, 0.3) is 5.56 Å². The Kier molecular flexibility index (Phi) is 4.65. The van der Waals surface area contributed by atoms with Crippen molar-refractivity contribution in [2.75, 3.05) is 19.4 Å². The summed E-state index contributed by atoms with van der Waals surface area (Å²) in [5.74, 6) is 0.0756. The van der Waals surface area contributed by atoms with E-state index in [1.54, 1.807) is 38.4 Å². The standard InChI is InChI=1S/C17H14Cl2N4O2/c1-22(2)17(25)21-16-20-14-12(8-10(18)9-13(14)19)15(24)23(16)11-6-4-3-5-7-11/h3-9H,1-2H3,(H,20,21,25). The average Bonchev–Trinajstić information content (AvgIpc) is 2.57. The zero-order chi connectivity index (χ0) is 18.1. The lowest BCUT2D eigenvalue weighted by Gasteiger charge is -2.17. The van der Waals surface area contributed by atoms with Crippen molar-refractivity contribution in [3.63, 3.8) is 0 Å². The minimum Gasteiger partial charge on any atom is -0.331 e. The Hall–Kier alpha value is -2.57. The second kappa shape index (κ2) is 6.74. The fourth-order valence-electron chi connectivity index (χ4n) is 2.32. The lowest BCUT2D eigenvalue weighted by molar-refractivity contribution is 0.230. The molecule has 2 aromatic carbocycles. The summed E-state index contributed by atoms with van der Waals surface area (Å²) < 4.78 is 1.32. The number of carbonyl (C=O) groups excluding carboxylic acids is 1. The van der Waals surface area contributed by atoms with E-state index in [1.807, 2.05) is 6.07 Å². The van der Waals surface area contributed by atoms with Gasteiger partial charge in [0.15, 0.2) is 0 Å². The molecule has 1 heterocycles. The van der Waals surface area contributed by atoms with Crippen LogP contribution < -0.4 is 10.9 Å². The number of halogens is 2. The van der Waals surface area contributed by atoms with Crippen molar-refractivity contribution < 1.29 is 4.79 Å². The van der Waals surface area contributed by atoms with Gasteiger partial charge in [-0.15, -0.1) is 0 Å². The van der Waals surface area contributed by atoms with E-state index in [4.69, 9.17) is 23.2 Å². The second-order valence-corrected chi connectivity index (χ2v) is 6.36. The third kappa shape index (κ3) is 3.31. The van der Waals surface area contributed by atoms with Gasteiger partial charge >= 0.3 is 6.03 Å². The Morgan fingerprint density at radius 1 is 1.16 bits per heavy atom. The number of rotatable bonds is 2. The van der Waals surface area contributed by atoms with Crippen molar-refractivity contribution in [2.45, 2.75) is 0 Å². The molecule has 0 aliphatic heterocycles. The summed E-state index contributed by atoms with van der Waals surface area (Å²) >= 11 is 12.2. The molecule has 0 radical (unpaired) electrons. The van der Waals surface area contributed by atoms with E-state index < -0.39 is 6.03 Å². The molecule has 0 aliphatic rings. The number of hydrogen-bond donors (Lipinski definition) is 1. The zero-order valence-corrected chi connectivity index (χ0v) is 15.0. The molecular weight excluding hydrogens is 363 g/mol. The lowest BCUT2D eigenvalue weighted by atomic mass is 10.2. The van der Waals surface area contributed by atoms with E-state index in [2.05, 4.69) is 10.3 Å². The summed E-state index contributed by atoms with van der Waals surface area (Å²) in [6.45, 7) is 0. The molecule has 1 aromatic heterocycles. The van der Waals surface area contributed by atoms with Crippen LogP contribution in [0.4, 0.5) is 10.7 Å². The summed E-state index contributed by atoms with van der Waals surface area (Å²) in [5, 5.41) is 3.47. The number of para-hydroxylation sites is 1. The number of fused-ring (bicyclic) bond motifs is 1. The normalized spacial score (nSPS) is 10.7. The Morgan fingerprint density at radius 2 is 1.84 bits per heavy atom. The first-order chi connectivity index (χ1) is 11.9. The van der Waals surface area contributed by atoms with Crippen molar-refractivity contribution in [3.8, 4) is 5.69 Å². The van der Waals surface area contributed by atoms with Crippen LogP contribution in [-0.4, -0.2) is 34.6 Å². The fraction of sp³-hybridized carbons (Fsp3) is 0.118. The number of urea groups is 1. The third-order valence-electron chi connectivity index (χ3n) is 3.53. The number of carbonyl (C=O) groups is 1. The topological polar surface area (TPSA) is 67.2 Å². The molecule has 0 saturated heterocycles. The van der Waals surface area contributed by atoms with Crippen molar-refractivity contribution in [2.24, 2.45) is 0 Å². The summed E-state index contributed by atoms with van der Waals surface area (Å²) in [6.07, 6.45) is 0. The van der Waals surface area contributed by atoms with E-state index in [0.717, 1.165) is 0 Å². The van der Waals surface area contributed by atoms with Gasteiger partial charge in [-0.3, -0.25) is 10.1 Å². The Bertz CT molecular complexity index is 1020. The van der Waals surface area contributed by atoms with Crippen LogP contribution in [0.5, 0.6) is 0 Å². The van der Waals surface area contributed by atoms with E-state index in [1.165, 1.54) is 21.6 Å². The van der Waals surface area contributed by atoms with E-state index in [9.17, 15) is 9.59 Å². The molecule has 25 heavy (non-hydrogen) atoms. The van der Waals surface area contributed by atoms with Crippen LogP contribution >= 0.6 is 23.2 Å².